The number of hydrogen-bond donors (Lipinski definition) is 1. The molecule has 1 aliphatic rings. The van der Waals surface area contributed by atoms with Gasteiger partial charge >= 0.3 is 5.97 Å². The Hall–Kier alpha value is -3.02. The minimum Gasteiger partial charge on any atom is -0.496 e. The van der Waals surface area contributed by atoms with E-state index in [9.17, 15) is 14.7 Å². The van der Waals surface area contributed by atoms with Crippen LogP contribution in [-0.4, -0.2) is 37.2 Å². The molecule has 1 amide bonds. The van der Waals surface area contributed by atoms with Gasteiger partial charge in [-0.3, -0.25) is 4.79 Å². The maximum absolute atomic E-state index is 12.6. The van der Waals surface area contributed by atoms with Gasteiger partial charge in [0.2, 0.25) is 5.91 Å². The first kappa shape index (κ1) is 21.7. The van der Waals surface area contributed by atoms with Crippen molar-refractivity contribution in [2.24, 2.45) is 0 Å². The fourth-order valence-corrected chi connectivity index (χ4v) is 3.76. The summed E-state index contributed by atoms with van der Waals surface area (Å²) in [5.41, 5.74) is 1.86. The maximum Gasteiger partial charge on any atom is 0.339 e. The molecule has 6 nitrogen and oxygen atoms in total. The number of methoxy groups -OCH3 is 1. The molecule has 1 saturated heterocycles. The van der Waals surface area contributed by atoms with Gasteiger partial charge in [0.1, 0.15) is 17.1 Å². The van der Waals surface area contributed by atoms with Gasteiger partial charge in [0.15, 0.2) is 0 Å². The number of aromatic carboxylic acids is 1. The predicted molar refractivity (Wildman–Crippen MR) is 116 cm³/mol. The van der Waals surface area contributed by atoms with E-state index in [4.69, 9.17) is 9.47 Å². The topological polar surface area (TPSA) is 76.1 Å². The summed E-state index contributed by atoms with van der Waals surface area (Å²) in [7, 11) is 1.45. The Balaban J connectivity index is 1.64. The van der Waals surface area contributed by atoms with Crippen molar-refractivity contribution < 1.29 is 24.2 Å². The highest BCUT2D eigenvalue weighted by Gasteiger charge is 2.32. The zero-order chi connectivity index (χ0) is 21.5. The van der Waals surface area contributed by atoms with Crippen LogP contribution in [0.4, 0.5) is 5.69 Å². The van der Waals surface area contributed by atoms with E-state index < -0.39 is 5.97 Å². The second-order valence-corrected chi connectivity index (χ2v) is 7.57. The van der Waals surface area contributed by atoms with E-state index in [1.165, 1.54) is 32.4 Å². The summed E-state index contributed by atoms with van der Waals surface area (Å²) in [6.45, 7) is 3.44. The van der Waals surface area contributed by atoms with Crippen molar-refractivity contribution in [3.05, 3.63) is 53.6 Å². The Morgan fingerprint density at radius 2 is 1.90 bits per heavy atom. The minimum absolute atomic E-state index is 0.0104. The summed E-state index contributed by atoms with van der Waals surface area (Å²) >= 11 is 0. The van der Waals surface area contributed by atoms with Crippen LogP contribution in [0.1, 0.15) is 60.9 Å². The van der Waals surface area contributed by atoms with E-state index in [1.807, 2.05) is 24.3 Å². The molecule has 3 rings (SSSR count). The lowest BCUT2D eigenvalue weighted by molar-refractivity contribution is -0.117. The molecule has 0 saturated carbocycles. The van der Waals surface area contributed by atoms with Gasteiger partial charge in [-0.05, 0) is 48.4 Å². The molecule has 0 aromatic heterocycles. The highest BCUT2D eigenvalue weighted by molar-refractivity contribution is 5.96. The number of rotatable bonds is 10. The molecular weight excluding hydrogens is 382 g/mol. The number of amides is 1. The number of carbonyl (C=O) groups is 2. The Bertz CT molecular complexity index is 878. The number of carboxylic acids is 1. The zero-order valence-electron chi connectivity index (χ0n) is 17.6. The molecule has 2 aromatic rings. The van der Waals surface area contributed by atoms with Gasteiger partial charge in [-0.25, -0.2) is 4.79 Å². The third-order valence-electron chi connectivity index (χ3n) is 5.47. The lowest BCUT2D eigenvalue weighted by Gasteiger charge is -2.18. The summed E-state index contributed by atoms with van der Waals surface area (Å²) in [5.74, 6) is 0.132. The van der Waals surface area contributed by atoms with Crippen LogP contribution in [-0.2, 0) is 4.79 Å². The Labute approximate surface area is 177 Å². The number of ether oxygens (including phenoxy) is 2. The van der Waals surface area contributed by atoms with Crippen LogP contribution in [0.15, 0.2) is 42.5 Å². The molecular formula is C24H29NO5. The largest absolute Gasteiger partial charge is 0.496 e. The predicted octanol–water partition coefficient (Wildman–Crippen LogP) is 4.87. The van der Waals surface area contributed by atoms with Gasteiger partial charge in [0, 0.05) is 24.6 Å². The molecule has 160 valence electrons. The minimum atomic E-state index is -1.03. The summed E-state index contributed by atoms with van der Waals surface area (Å²) < 4.78 is 11.0. The van der Waals surface area contributed by atoms with E-state index in [-0.39, 0.29) is 17.4 Å². The SMILES string of the molecule is CCCCCCOc1ccc(N2CC(c3ccc(C(=O)O)c(OC)c3)CC2=O)cc1. The second-order valence-electron chi connectivity index (χ2n) is 7.57. The number of hydrogen-bond acceptors (Lipinski definition) is 4. The van der Waals surface area contributed by atoms with Gasteiger partial charge in [-0.2, -0.15) is 0 Å². The highest BCUT2D eigenvalue weighted by atomic mass is 16.5. The van der Waals surface area contributed by atoms with Crippen molar-refractivity contribution in [2.45, 2.75) is 44.9 Å². The highest BCUT2D eigenvalue weighted by Crippen LogP contribution is 2.34. The van der Waals surface area contributed by atoms with Crippen LogP contribution in [0.3, 0.4) is 0 Å². The normalized spacial score (nSPS) is 16.0. The summed E-state index contributed by atoms with van der Waals surface area (Å²) in [6, 6.07) is 12.7. The number of nitrogens with zero attached hydrogens (tertiary/aromatic N) is 1. The maximum atomic E-state index is 12.6. The fraction of sp³-hybridized carbons (Fsp3) is 0.417. The van der Waals surface area contributed by atoms with E-state index in [2.05, 4.69) is 6.92 Å². The van der Waals surface area contributed by atoms with E-state index in [0.717, 1.165) is 23.4 Å². The van der Waals surface area contributed by atoms with E-state index >= 15 is 0 Å². The van der Waals surface area contributed by atoms with Crippen molar-refractivity contribution >= 4 is 17.6 Å². The third kappa shape index (κ3) is 5.12. The zero-order valence-corrected chi connectivity index (χ0v) is 17.6. The number of benzene rings is 2. The van der Waals surface area contributed by atoms with Crippen molar-refractivity contribution in [2.75, 3.05) is 25.2 Å². The lowest BCUT2D eigenvalue weighted by atomic mass is 9.96. The summed E-state index contributed by atoms with van der Waals surface area (Å²) in [4.78, 5) is 25.7. The molecule has 6 heteroatoms. The molecule has 1 fully saturated rings. The fourth-order valence-electron chi connectivity index (χ4n) is 3.76. The average molecular weight is 411 g/mol. The van der Waals surface area contributed by atoms with Gasteiger partial charge < -0.3 is 19.5 Å². The molecule has 1 aliphatic heterocycles. The first-order chi connectivity index (χ1) is 14.5. The van der Waals surface area contributed by atoms with Crippen molar-refractivity contribution in [1.82, 2.24) is 0 Å². The molecule has 30 heavy (non-hydrogen) atoms. The van der Waals surface area contributed by atoms with Crippen LogP contribution in [0.25, 0.3) is 0 Å². The smallest absolute Gasteiger partial charge is 0.339 e. The monoisotopic (exact) mass is 411 g/mol. The van der Waals surface area contributed by atoms with Gasteiger partial charge in [-0.1, -0.05) is 32.3 Å². The molecule has 2 aromatic carbocycles. The van der Waals surface area contributed by atoms with Crippen molar-refractivity contribution in [1.29, 1.82) is 0 Å². The van der Waals surface area contributed by atoms with Crippen molar-refractivity contribution in [3.8, 4) is 11.5 Å². The summed E-state index contributed by atoms with van der Waals surface area (Å²) in [5, 5.41) is 9.25. The van der Waals surface area contributed by atoms with Crippen LogP contribution in [0.5, 0.6) is 11.5 Å². The standard InChI is InChI=1S/C24H29NO5/c1-3-4-5-6-13-30-20-10-8-19(9-11-20)25-16-18(15-23(25)26)17-7-12-21(24(27)28)22(14-17)29-2/h7-12,14,18H,3-6,13,15-16H2,1-2H3,(H,27,28). The Kier molecular flexibility index (Phi) is 7.33. The van der Waals surface area contributed by atoms with E-state index in [1.54, 1.807) is 17.0 Å². The quantitative estimate of drug-likeness (QED) is 0.564. The van der Waals surface area contributed by atoms with E-state index in [0.29, 0.717) is 25.3 Å². The average Bonchev–Trinajstić information content (AvgIpc) is 3.15. The first-order valence-electron chi connectivity index (χ1n) is 10.5. The number of carbonyl (C=O) groups excluding carboxylic acids is 1. The lowest BCUT2D eigenvalue weighted by Crippen LogP contribution is -2.24. The van der Waals surface area contributed by atoms with Crippen LogP contribution >= 0.6 is 0 Å². The number of carboxylic acid groups (broad SMARTS) is 1. The third-order valence-corrected chi connectivity index (χ3v) is 5.47. The van der Waals surface area contributed by atoms with Crippen LogP contribution < -0.4 is 14.4 Å². The first-order valence-corrected chi connectivity index (χ1v) is 10.5. The molecule has 0 bridgehead atoms. The van der Waals surface area contributed by atoms with Gasteiger partial charge in [0.25, 0.3) is 0 Å². The molecule has 0 spiro atoms. The summed E-state index contributed by atoms with van der Waals surface area (Å²) in [6.07, 6.45) is 5.04. The van der Waals surface area contributed by atoms with Crippen molar-refractivity contribution in [3.63, 3.8) is 0 Å². The molecule has 1 heterocycles. The van der Waals surface area contributed by atoms with Crippen LogP contribution in [0, 0.1) is 0 Å². The molecule has 1 atom stereocenters. The van der Waals surface area contributed by atoms with Gasteiger partial charge in [-0.15, -0.1) is 0 Å². The Morgan fingerprint density at radius 3 is 2.57 bits per heavy atom. The molecule has 0 radical (unpaired) electrons. The molecule has 0 aliphatic carbocycles. The second kappa shape index (κ2) is 10.1. The Morgan fingerprint density at radius 1 is 1.13 bits per heavy atom. The van der Waals surface area contributed by atoms with Crippen LogP contribution in [0.2, 0.25) is 0 Å². The number of anilines is 1. The molecule has 1 unspecified atom stereocenters. The van der Waals surface area contributed by atoms with Gasteiger partial charge in [0.05, 0.1) is 13.7 Å². The number of unbranched alkanes of at least 4 members (excludes halogenated alkanes) is 3. The molecule has 1 N–H and O–H groups in total.